The van der Waals surface area contributed by atoms with Gasteiger partial charge in [0, 0.05) is 19.5 Å². The molecule has 2 N–H and O–H groups in total. The van der Waals surface area contributed by atoms with E-state index in [0.29, 0.717) is 0 Å². The first kappa shape index (κ1) is 21.3. The average molecular weight is 412 g/mol. The summed E-state index contributed by atoms with van der Waals surface area (Å²) >= 11 is 0. The Balaban J connectivity index is 1.41. The van der Waals surface area contributed by atoms with E-state index in [1.165, 1.54) is 7.05 Å². The summed E-state index contributed by atoms with van der Waals surface area (Å²) in [5, 5.41) is 11.2. The van der Waals surface area contributed by atoms with E-state index in [9.17, 15) is 14.4 Å². The van der Waals surface area contributed by atoms with E-state index < -0.39 is 18.0 Å². The zero-order valence-electron chi connectivity index (χ0n) is 16.7. The molecule has 2 aromatic carbocycles. The first-order valence-corrected chi connectivity index (χ1v) is 9.59. The molecule has 0 radical (unpaired) electrons. The van der Waals surface area contributed by atoms with Crippen molar-refractivity contribution in [2.24, 2.45) is 0 Å². The molecule has 158 valence electrons. The number of fused-ring (bicyclic) bond motifs is 3. The Hall–Kier alpha value is -3.39. The van der Waals surface area contributed by atoms with Crippen LogP contribution in [-0.4, -0.2) is 67.9 Å². The van der Waals surface area contributed by atoms with Crippen molar-refractivity contribution in [2.75, 3.05) is 40.0 Å². The van der Waals surface area contributed by atoms with Crippen LogP contribution in [0.1, 0.15) is 17.0 Å². The summed E-state index contributed by atoms with van der Waals surface area (Å²) in [5.74, 6) is -1.55. The summed E-state index contributed by atoms with van der Waals surface area (Å²) in [5.41, 5.74) is 4.60. The van der Waals surface area contributed by atoms with E-state index in [2.05, 4.69) is 17.4 Å². The van der Waals surface area contributed by atoms with Crippen molar-refractivity contribution in [3.05, 3.63) is 59.7 Å². The van der Waals surface area contributed by atoms with Gasteiger partial charge in [-0.1, -0.05) is 48.5 Å². The molecule has 0 spiro atoms. The molecule has 8 heteroatoms. The summed E-state index contributed by atoms with van der Waals surface area (Å²) in [7, 11) is 1.38. The number of hydrogen-bond acceptors (Lipinski definition) is 5. The third-order valence-corrected chi connectivity index (χ3v) is 4.88. The topological polar surface area (TPSA) is 105 Å². The Morgan fingerprint density at radius 1 is 1.03 bits per heavy atom. The SMILES string of the molecule is CN(CC(=O)O)C(=O)COCCNC(=O)OCC1c2ccccc2-c2ccccc21. The zero-order chi connectivity index (χ0) is 21.5. The molecule has 0 aromatic heterocycles. The van der Waals surface area contributed by atoms with Gasteiger partial charge < -0.3 is 24.8 Å². The largest absolute Gasteiger partial charge is 0.480 e. The highest BCUT2D eigenvalue weighted by atomic mass is 16.5. The van der Waals surface area contributed by atoms with E-state index >= 15 is 0 Å². The molecule has 1 aliphatic rings. The molecular weight excluding hydrogens is 388 g/mol. The van der Waals surface area contributed by atoms with Crippen LogP contribution < -0.4 is 5.32 Å². The standard InChI is InChI=1S/C22H24N2O6/c1-24(12-21(26)27)20(25)14-29-11-10-23-22(28)30-13-19-17-8-4-2-6-15(17)16-7-3-5-9-18(16)19/h2-9,19H,10-14H2,1H3,(H,23,28)(H,26,27). The molecule has 0 heterocycles. The lowest BCUT2D eigenvalue weighted by Gasteiger charge is -2.15. The number of rotatable bonds is 9. The van der Waals surface area contributed by atoms with E-state index in [1.54, 1.807) is 0 Å². The summed E-state index contributed by atoms with van der Waals surface area (Å²) < 4.78 is 10.6. The van der Waals surface area contributed by atoms with Crippen molar-refractivity contribution in [1.82, 2.24) is 10.2 Å². The predicted molar refractivity (Wildman–Crippen MR) is 109 cm³/mol. The fraction of sp³-hybridized carbons (Fsp3) is 0.318. The lowest BCUT2D eigenvalue weighted by atomic mass is 9.98. The van der Waals surface area contributed by atoms with Gasteiger partial charge in [-0.3, -0.25) is 9.59 Å². The molecule has 0 unspecified atom stereocenters. The van der Waals surface area contributed by atoms with Gasteiger partial charge in [0.25, 0.3) is 0 Å². The van der Waals surface area contributed by atoms with Crippen LogP contribution in [-0.2, 0) is 19.1 Å². The van der Waals surface area contributed by atoms with Gasteiger partial charge in [0.15, 0.2) is 0 Å². The third kappa shape index (κ3) is 5.15. The minimum atomic E-state index is -1.09. The van der Waals surface area contributed by atoms with Crippen LogP contribution in [0.2, 0.25) is 0 Å². The Labute approximate surface area is 174 Å². The number of amides is 2. The maximum atomic E-state index is 12.0. The second-order valence-electron chi connectivity index (χ2n) is 6.95. The Kier molecular flexibility index (Phi) is 7.03. The van der Waals surface area contributed by atoms with E-state index in [-0.39, 0.29) is 38.8 Å². The smallest absolute Gasteiger partial charge is 0.407 e. The number of likely N-dealkylation sites (N-methyl/N-ethyl adjacent to an activating group) is 1. The van der Waals surface area contributed by atoms with Gasteiger partial charge in [0.05, 0.1) is 6.61 Å². The molecule has 3 rings (SSSR count). The zero-order valence-corrected chi connectivity index (χ0v) is 16.7. The van der Waals surface area contributed by atoms with Gasteiger partial charge in [-0.15, -0.1) is 0 Å². The third-order valence-electron chi connectivity index (χ3n) is 4.88. The lowest BCUT2D eigenvalue weighted by molar-refractivity contribution is -0.145. The molecular formula is C22H24N2O6. The molecule has 0 saturated heterocycles. The van der Waals surface area contributed by atoms with Crippen LogP contribution in [0.4, 0.5) is 4.79 Å². The van der Waals surface area contributed by atoms with E-state index in [4.69, 9.17) is 14.6 Å². The molecule has 1 aliphatic carbocycles. The lowest BCUT2D eigenvalue weighted by Crippen LogP contribution is -2.35. The minimum absolute atomic E-state index is 0.0122. The number of alkyl carbamates (subject to hydrolysis) is 1. The van der Waals surface area contributed by atoms with Gasteiger partial charge >= 0.3 is 12.1 Å². The van der Waals surface area contributed by atoms with Crippen LogP contribution in [0.5, 0.6) is 0 Å². The summed E-state index contributed by atoms with van der Waals surface area (Å²) in [4.78, 5) is 35.3. The molecule has 30 heavy (non-hydrogen) atoms. The second-order valence-corrected chi connectivity index (χ2v) is 6.95. The van der Waals surface area contributed by atoms with Crippen LogP contribution in [0.25, 0.3) is 11.1 Å². The van der Waals surface area contributed by atoms with Gasteiger partial charge in [0.2, 0.25) is 5.91 Å². The predicted octanol–water partition coefficient (Wildman–Crippen LogP) is 2.08. The van der Waals surface area contributed by atoms with Crippen molar-refractivity contribution in [3.8, 4) is 11.1 Å². The average Bonchev–Trinajstić information content (AvgIpc) is 3.05. The highest BCUT2D eigenvalue weighted by molar-refractivity contribution is 5.82. The first-order chi connectivity index (χ1) is 14.5. The fourth-order valence-corrected chi connectivity index (χ4v) is 3.44. The number of nitrogens with one attached hydrogen (secondary N) is 1. The normalized spacial score (nSPS) is 12.0. The number of hydrogen-bond donors (Lipinski definition) is 2. The Morgan fingerprint density at radius 2 is 1.63 bits per heavy atom. The van der Waals surface area contributed by atoms with Crippen molar-refractivity contribution in [1.29, 1.82) is 0 Å². The van der Waals surface area contributed by atoms with Crippen LogP contribution in [0, 0.1) is 0 Å². The molecule has 0 atom stereocenters. The summed E-state index contributed by atoms with van der Waals surface area (Å²) in [6, 6.07) is 16.2. The maximum Gasteiger partial charge on any atom is 0.407 e. The molecule has 0 aliphatic heterocycles. The summed E-state index contributed by atoms with van der Waals surface area (Å²) in [6.45, 7) is -0.140. The van der Waals surface area contributed by atoms with Gasteiger partial charge in [-0.2, -0.15) is 0 Å². The highest BCUT2D eigenvalue weighted by Crippen LogP contribution is 2.44. The fourth-order valence-electron chi connectivity index (χ4n) is 3.44. The van der Waals surface area contributed by atoms with Crippen LogP contribution in [0.15, 0.2) is 48.5 Å². The molecule has 8 nitrogen and oxygen atoms in total. The molecule has 2 aromatic rings. The number of nitrogens with zero attached hydrogens (tertiary/aromatic N) is 1. The van der Waals surface area contributed by atoms with Crippen molar-refractivity contribution in [2.45, 2.75) is 5.92 Å². The van der Waals surface area contributed by atoms with Crippen LogP contribution >= 0.6 is 0 Å². The quantitative estimate of drug-likeness (QED) is 0.611. The number of carbonyl (C=O) groups excluding carboxylic acids is 2. The number of aliphatic carboxylic acids is 1. The van der Waals surface area contributed by atoms with E-state index in [1.807, 2.05) is 36.4 Å². The van der Waals surface area contributed by atoms with Crippen molar-refractivity contribution in [3.63, 3.8) is 0 Å². The minimum Gasteiger partial charge on any atom is -0.480 e. The van der Waals surface area contributed by atoms with E-state index in [0.717, 1.165) is 27.2 Å². The second kappa shape index (κ2) is 9.89. The van der Waals surface area contributed by atoms with Gasteiger partial charge in [-0.05, 0) is 22.3 Å². The number of benzene rings is 2. The van der Waals surface area contributed by atoms with Crippen molar-refractivity contribution < 1.29 is 29.0 Å². The van der Waals surface area contributed by atoms with Gasteiger partial charge in [0.1, 0.15) is 19.8 Å². The first-order valence-electron chi connectivity index (χ1n) is 9.59. The highest BCUT2D eigenvalue weighted by Gasteiger charge is 2.28. The van der Waals surface area contributed by atoms with Crippen LogP contribution in [0.3, 0.4) is 0 Å². The molecule has 2 amide bonds. The number of carboxylic acid groups (broad SMARTS) is 1. The van der Waals surface area contributed by atoms with Crippen molar-refractivity contribution >= 4 is 18.0 Å². The number of carboxylic acids is 1. The molecule has 0 fully saturated rings. The Bertz CT molecular complexity index is 884. The van der Waals surface area contributed by atoms with Gasteiger partial charge in [-0.25, -0.2) is 4.79 Å². The maximum absolute atomic E-state index is 12.0. The molecule has 0 saturated carbocycles. The Morgan fingerprint density at radius 3 is 2.23 bits per heavy atom. The number of carbonyl (C=O) groups is 3. The number of ether oxygens (including phenoxy) is 2. The monoisotopic (exact) mass is 412 g/mol. The summed E-state index contributed by atoms with van der Waals surface area (Å²) in [6.07, 6.45) is -0.560. The molecule has 0 bridgehead atoms.